The van der Waals surface area contributed by atoms with Gasteiger partial charge in [0, 0.05) is 45.7 Å². The van der Waals surface area contributed by atoms with Crippen molar-refractivity contribution in [3.63, 3.8) is 0 Å². The van der Waals surface area contributed by atoms with Crippen LogP contribution in [0.25, 0.3) is 32.3 Å². The van der Waals surface area contributed by atoms with Crippen LogP contribution in [0.4, 0.5) is 5.69 Å². The van der Waals surface area contributed by atoms with Crippen molar-refractivity contribution in [2.45, 2.75) is 25.7 Å². The number of hydrogen-bond acceptors (Lipinski definition) is 7. The quantitative estimate of drug-likeness (QED) is 0.229. The molecule has 0 spiro atoms. The Morgan fingerprint density at radius 1 is 1.08 bits per heavy atom. The number of fused-ring (bicyclic) bond motifs is 3. The van der Waals surface area contributed by atoms with Gasteiger partial charge in [0.1, 0.15) is 16.7 Å². The first-order valence-corrected chi connectivity index (χ1v) is 13.5. The van der Waals surface area contributed by atoms with Crippen LogP contribution in [-0.2, 0) is 12.8 Å². The van der Waals surface area contributed by atoms with Crippen LogP contribution in [-0.4, -0.2) is 29.0 Å². The fourth-order valence-electron chi connectivity index (χ4n) is 5.52. The molecule has 0 N–H and O–H groups in total. The highest BCUT2D eigenvalue weighted by molar-refractivity contribution is 7.17. The summed E-state index contributed by atoms with van der Waals surface area (Å²) < 4.78 is 7.00. The van der Waals surface area contributed by atoms with Crippen LogP contribution < -0.4 is 16.1 Å². The maximum Gasteiger partial charge on any atom is 0.345 e. The molecule has 2 aliphatic rings. The number of hydrogen-bond donors (Lipinski definition) is 0. The highest BCUT2D eigenvalue weighted by atomic mass is 35.5. The van der Waals surface area contributed by atoms with Crippen LogP contribution in [0.3, 0.4) is 0 Å². The number of anilines is 1. The monoisotopic (exact) mass is 528 g/mol. The summed E-state index contributed by atoms with van der Waals surface area (Å²) in [6.45, 7) is 2.11. The Balaban J connectivity index is 1.31. The lowest BCUT2D eigenvalue weighted by Gasteiger charge is -2.37. The summed E-state index contributed by atoms with van der Waals surface area (Å²) in [5.74, 6) is 0. The second-order valence-electron chi connectivity index (χ2n) is 9.44. The predicted octanol–water partition coefficient (Wildman–Crippen LogP) is 5.47. The van der Waals surface area contributed by atoms with Crippen molar-refractivity contribution in [1.82, 2.24) is 9.66 Å². The molecular weight excluding hydrogens is 508 g/mol. The minimum atomic E-state index is -0.472. The van der Waals surface area contributed by atoms with E-state index in [9.17, 15) is 9.59 Å². The fraction of sp³-hybridized carbons (Fsp3) is 0.214. The summed E-state index contributed by atoms with van der Waals surface area (Å²) >= 11 is 7.42. The van der Waals surface area contributed by atoms with Gasteiger partial charge in [-0.05, 0) is 61.1 Å². The second kappa shape index (κ2) is 8.68. The van der Waals surface area contributed by atoms with Gasteiger partial charge in [-0.25, -0.2) is 9.78 Å². The highest BCUT2D eigenvalue weighted by Gasteiger charge is 2.27. The van der Waals surface area contributed by atoms with E-state index in [-0.39, 0.29) is 5.56 Å². The molecule has 0 radical (unpaired) electrons. The molecule has 2 aromatic carbocycles. The number of thiophene rings is 1. The van der Waals surface area contributed by atoms with Crippen LogP contribution in [0.1, 0.15) is 29.5 Å². The molecule has 0 bridgehead atoms. The van der Waals surface area contributed by atoms with Crippen LogP contribution in [0.15, 0.2) is 67.2 Å². The standard InChI is InChI=1S/C28H21ClN4O3S/c29-20-7-5-16(6-8-20)22-14-37-26-23(22)27(34)33(15-30-26)31-13-19-12-18-11-17-3-1-9-32-10-2-4-21(24(17)32)25(18)36-28(19)35/h5-8,11-15H,1-4,9-10H2. The van der Waals surface area contributed by atoms with Gasteiger partial charge in [-0.1, -0.05) is 23.7 Å². The summed E-state index contributed by atoms with van der Waals surface area (Å²) in [5.41, 5.74) is 5.52. The molecule has 0 atom stereocenters. The third-order valence-electron chi connectivity index (χ3n) is 7.20. The molecule has 2 aliphatic heterocycles. The molecule has 0 unspecified atom stereocenters. The van der Waals surface area contributed by atoms with Crippen molar-refractivity contribution in [2.24, 2.45) is 5.10 Å². The van der Waals surface area contributed by atoms with E-state index in [1.165, 1.54) is 35.1 Å². The Labute approximate surface area is 220 Å². The van der Waals surface area contributed by atoms with Gasteiger partial charge in [0.05, 0.1) is 17.2 Å². The van der Waals surface area contributed by atoms with Crippen LogP contribution >= 0.6 is 22.9 Å². The highest BCUT2D eigenvalue weighted by Crippen LogP contribution is 2.39. The van der Waals surface area contributed by atoms with Crippen molar-refractivity contribution in [3.05, 3.63) is 90.6 Å². The van der Waals surface area contributed by atoms with Crippen molar-refractivity contribution >= 4 is 56.0 Å². The Bertz CT molecular complexity index is 1850. The largest absolute Gasteiger partial charge is 0.422 e. The molecule has 5 aromatic rings. The minimum absolute atomic E-state index is 0.290. The number of benzene rings is 2. The van der Waals surface area contributed by atoms with Crippen molar-refractivity contribution < 1.29 is 4.42 Å². The van der Waals surface area contributed by atoms with Gasteiger partial charge in [0.15, 0.2) is 0 Å². The normalized spacial score (nSPS) is 15.1. The van der Waals surface area contributed by atoms with Crippen molar-refractivity contribution in [1.29, 1.82) is 0 Å². The lowest BCUT2D eigenvalue weighted by Crippen LogP contribution is -2.34. The van der Waals surface area contributed by atoms with Gasteiger partial charge in [-0.2, -0.15) is 9.78 Å². The van der Waals surface area contributed by atoms with Gasteiger partial charge in [0.25, 0.3) is 5.56 Å². The zero-order valence-electron chi connectivity index (χ0n) is 19.7. The number of rotatable bonds is 3. The van der Waals surface area contributed by atoms with Crippen LogP contribution in [0.2, 0.25) is 5.02 Å². The molecule has 3 aromatic heterocycles. The molecule has 0 fully saturated rings. The van der Waals surface area contributed by atoms with E-state index in [0.29, 0.717) is 26.4 Å². The van der Waals surface area contributed by atoms with Gasteiger partial charge < -0.3 is 9.32 Å². The number of nitrogens with zero attached hydrogens (tertiary/aromatic N) is 4. The molecule has 184 valence electrons. The average molecular weight is 529 g/mol. The molecule has 37 heavy (non-hydrogen) atoms. The Morgan fingerprint density at radius 3 is 2.73 bits per heavy atom. The van der Waals surface area contributed by atoms with E-state index < -0.39 is 5.63 Å². The summed E-state index contributed by atoms with van der Waals surface area (Å²) in [6.07, 6.45) is 6.87. The predicted molar refractivity (Wildman–Crippen MR) is 149 cm³/mol. The van der Waals surface area contributed by atoms with Gasteiger partial charge in [0.2, 0.25) is 0 Å². The lowest BCUT2D eigenvalue weighted by atomic mass is 9.90. The van der Waals surface area contributed by atoms with E-state index in [2.05, 4.69) is 21.1 Å². The second-order valence-corrected chi connectivity index (χ2v) is 10.7. The summed E-state index contributed by atoms with van der Waals surface area (Å²) in [6, 6.07) is 11.3. The van der Waals surface area contributed by atoms with E-state index in [0.717, 1.165) is 65.5 Å². The number of aromatic nitrogens is 2. The van der Waals surface area contributed by atoms with E-state index in [1.807, 2.05) is 23.6 Å². The minimum Gasteiger partial charge on any atom is -0.422 e. The van der Waals surface area contributed by atoms with E-state index in [4.69, 9.17) is 16.0 Å². The Morgan fingerprint density at radius 2 is 1.89 bits per heavy atom. The molecule has 0 saturated carbocycles. The van der Waals surface area contributed by atoms with E-state index >= 15 is 0 Å². The average Bonchev–Trinajstić information content (AvgIpc) is 3.35. The molecule has 7 rings (SSSR count). The topological polar surface area (TPSA) is 80.7 Å². The zero-order valence-corrected chi connectivity index (χ0v) is 21.3. The van der Waals surface area contributed by atoms with Crippen molar-refractivity contribution in [3.8, 4) is 11.1 Å². The SMILES string of the molecule is O=c1oc2c3c4c(cc2cc1C=Nn1cnc2scc(-c5ccc(Cl)cc5)c2c1=O)CCCN4CCC3. The lowest BCUT2D eigenvalue weighted by molar-refractivity contribution is 0.548. The first-order chi connectivity index (χ1) is 18.1. The maximum atomic E-state index is 13.3. The molecule has 9 heteroatoms. The number of halogens is 1. The smallest absolute Gasteiger partial charge is 0.345 e. The molecule has 7 nitrogen and oxygen atoms in total. The van der Waals surface area contributed by atoms with E-state index in [1.54, 1.807) is 12.1 Å². The summed E-state index contributed by atoms with van der Waals surface area (Å²) in [7, 11) is 0. The molecule has 0 saturated heterocycles. The summed E-state index contributed by atoms with van der Waals surface area (Å²) in [4.78, 5) is 33.7. The molecular formula is C28H21ClN4O3S. The van der Waals surface area contributed by atoms with Gasteiger partial charge >= 0.3 is 5.63 Å². The molecule has 0 aliphatic carbocycles. The molecule has 5 heterocycles. The third-order valence-corrected chi connectivity index (χ3v) is 8.34. The zero-order chi connectivity index (χ0) is 25.1. The molecule has 0 amide bonds. The van der Waals surface area contributed by atoms with Crippen LogP contribution in [0.5, 0.6) is 0 Å². The first kappa shape index (κ1) is 22.4. The summed E-state index contributed by atoms with van der Waals surface area (Å²) in [5, 5.41) is 8.21. The number of aryl methyl sites for hydroxylation is 2. The maximum absolute atomic E-state index is 13.3. The Hall–Kier alpha value is -3.75. The van der Waals surface area contributed by atoms with Gasteiger partial charge in [-0.15, -0.1) is 11.3 Å². The Kier molecular flexibility index (Phi) is 5.26. The van der Waals surface area contributed by atoms with Gasteiger partial charge in [-0.3, -0.25) is 4.79 Å². The van der Waals surface area contributed by atoms with Crippen LogP contribution in [0, 0.1) is 0 Å². The third kappa shape index (κ3) is 3.70. The first-order valence-electron chi connectivity index (χ1n) is 12.2. The fourth-order valence-corrected chi connectivity index (χ4v) is 6.56. The van der Waals surface area contributed by atoms with Crippen molar-refractivity contribution in [2.75, 3.05) is 18.0 Å².